The number of benzene rings is 1. The van der Waals surface area contributed by atoms with Crippen molar-refractivity contribution < 1.29 is 9.53 Å². The van der Waals surface area contributed by atoms with Crippen molar-refractivity contribution in [1.29, 1.82) is 0 Å². The van der Waals surface area contributed by atoms with Crippen molar-refractivity contribution >= 4 is 17.3 Å². The van der Waals surface area contributed by atoms with Gasteiger partial charge in [0.25, 0.3) is 0 Å². The number of nitrogens with two attached hydrogens (primary N) is 2. The molecule has 0 aliphatic heterocycles. The lowest BCUT2D eigenvalue weighted by atomic mass is 9.42. The zero-order valence-corrected chi connectivity index (χ0v) is 27.2. The minimum atomic E-state index is -0.328. The molecule has 4 nitrogen and oxygen atoms in total. The molecule has 1 aromatic rings. The van der Waals surface area contributed by atoms with Gasteiger partial charge in [-0.25, -0.2) is 4.79 Å². The Kier molecular flexibility index (Phi) is 6.69. The summed E-state index contributed by atoms with van der Waals surface area (Å²) in [4.78, 5) is 13.2. The van der Waals surface area contributed by atoms with Gasteiger partial charge in [-0.15, -0.1) is 0 Å². The minimum Gasteiger partial charge on any atom is -0.458 e. The first-order chi connectivity index (χ1) is 19.6. The molecule has 42 heavy (non-hydrogen) atoms. The van der Waals surface area contributed by atoms with Gasteiger partial charge in [-0.2, -0.15) is 0 Å². The first-order valence-electron chi connectivity index (χ1n) is 16.6. The van der Waals surface area contributed by atoms with Crippen LogP contribution in [0.25, 0.3) is 0 Å². The van der Waals surface area contributed by atoms with Crippen LogP contribution in [0.2, 0.25) is 0 Å². The summed E-state index contributed by atoms with van der Waals surface area (Å²) in [5.74, 6) is 1.73. The van der Waals surface area contributed by atoms with Crippen molar-refractivity contribution in [3.8, 4) is 0 Å². The van der Waals surface area contributed by atoms with Crippen LogP contribution in [0, 0.1) is 44.8 Å². The molecule has 0 amide bonds. The molecule has 1 aromatic carbocycles. The lowest BCUT2D eigenvalue weighted by Crippen LogP contribution is -2.56. The normalized spacial score (nSPS) is 40.0. The van der Waals surface area contributed by atoms with Crippen LogP contribution in [-0.4, -0.2) is 12.1 Å². The molecule has 4 saturated carbocycles. The molecule has 5 aliphatic carbocycles. The maximum Gasteiger partial charge on any atom is 0.338 e. The smallest absolute Gasteiger partial charge is 0.338 e. The number of carbonyl (C=O) groups is 1. The number of hydrogen-bond donors (Lipinski definition) is 2. The van der Waals surface area contributed by atoms with E-state index < -0.39 is 0 Å². The van der Waals surface area contributed by atoms with E-state index in [1.807, 2.05) is 0 Å². The molecule has 228 valence electrons. The number of esters is 1. The van der Waals surface area contributed by atoms with Gasteiger partial charge in [0.05, 0.1) is 5.56 Å². The van der Waals surface area contributed by atoms with Crippen LogP contribution in [0.1, 0.15) is 117 Å². The molecule has 0 bridgehead atoms. The van der Waals surface area contributed by atoms with Gasteiger partial charge in [0.1, 0.15) is 6.10 Å². The maximum atomic E-state index is 13.2. The van der Waals surface area contributed by atoms with E-state index in [4.69, 9.17) is 22.8 Å². The van der Waals surface area contributed by atoms with E-state index in [-0.39, 0.29) is 22.9 Å². The van der Waals surface area contributed by atoms with E-state index in [1.54, 1.807) is 23.8 Å². The zero-order chi connectivity index (χ0) is 30.5. The lowest BCUT2D eigenvalue weighted by Gasteiger charge is -2.62. The van der Waals surface area contributed by atoms with Gasteiger partial charge in [-0.1, -0.05) is 70.1 Å². The van der Waals surface area contributed by atoms with Crippen molar-refractivity contribution in [3.63, 3.8) is 0 Å². The molecule has 4 fully saturated rings. The number of carbonyl (C=O) groups excluding carboxylic acids is 1. The summed E-state index contributed by atoms with van der Waals surface area (Å²) in [5, 5.41) is 0. The van der Waals surface area contributed by atoms with E-state index in [9.17, 15) is 4.79 Å². The number of fused-ring (bicyclic) bond motifs is 4. The SMILES string of the molecule is C=C1C2(C(C)CCC=C(C)C)CCC3(C)C4CC=C5C(C)(C)C(OC(=O)c6cc(N)cc(N)c6)CCC5(C)C4CCC132. The van der Waals surface area contributed by atoms with Crippen LogP contribution in [0.4, 0.5) is 11.4 Å². The van der Waals surface area contributed by atoms with E-state index in [0.29, 0.717) is 50.9 Å². The number of rotatable bonds is 6. The predicted octanol–water partition coefficient (Wildman–Crippen LogP) is 9.28. The highest BCUT2D eigenvalue weighted by Crippen LogP contribution is 2.91. The second kappa shape index (κ2) is 9.50. The van der Waals surface area contributed by atoms with Crippen LogP contribution in [0.3, 0.4) is 0 Å². The maximum absolute atomic E-state index is 13.2. The highest BCUT2D eigenvalue weighted by molar-refractivity contribution is 5.92. The number of allylic oxidation sites excluding steroid dienone is 4. The summed E-state index contributed by atoms with van der Waals surface area (Å²) in [7, 11) is 0. The van der Waals surface area contributed by atoms with Crippen molar-refractivity contribution in [3.05, 3.63) is 59.2 Å². The highest BCUT2D eigenvalue weighted by atomic mass is 16.5. The second-order valence-electron chi connectivity index (χ2n) is 16.1. The molecular formula is C38H54N2O2. The fourth-order valence-corrected chi connectivity index (χ4v) is 11.9. The Hall–Kier alpha value is -2.49. The molecule has 5 aliphatic rings. The molecule has 4 N–H and O–H groups in total. The van der Waals surface area contributed by atoms with E-state index in [2.05, 4.69) is 60.6 Å². The second-order valence-corrected chi connectivity index (χ2v) is 16.1. The summed E-state index contributed by atoms with van der Waals surface area (Å²) in [6, 6.07) is 5.00. The molecule has 0 heterocycles. The van der Waals surface area contributed by atoms with Gasteiger partial charge in [-0.3, -0.25) is 0 Å². The Morgan fingerprint density at radius 3 is 2.38 bits per heavy atom. The Labute approximate surface area is 254 Å². The number of ether oxygens (including phenoxy) is 1. The Morgan fingerprint density at radius 1 is 1.02 bits per heavy atom. The molecule has 0 radical (unpaired) electrons. The average Bonchev–Trinajstić information content (AvgIpc) is 3.28. The molecular weight excluding hydrogens is 516 g/mol. The highest BCUT2D eigenvalue weighted by Gasteiger charge is 2.84. The van der Waals surface area contributed by atoms with Gasteiger partial charge in [-0.05, 0) is 118 Å². The molecule has 8 atom stereocenters. The van der Waals surface area contributed by atoms with Crippen molar-refractivity contribution in [2.24, 2.45) is 44.8 Å². The number of anilines is 2. The lowest BCUT2D eigenvalue weighted by molar-refractivity contribution is -0.0934. The van der Waals surface area contributed by atoms with Gasteiger partial charge in [0.15, 0.2) is 0 Å². The standard InChI is InChI=1S/C38H54N2O2/c1-23(2)10-9-11-24(3)37-19-18-36(8)30-12-13-31-34(5,6)32(42-33(41)26-20-27(39)22-28(40)21-26)15-16-35(31,7)29(30)14-17-38(36,37)25(37)4/h10,13,20-22,24,29-30,32H,4,9,11-12,14-19,39-40H2,1-3,5-8H3. The first-order valence-corrected chi connectivity index (χ1v) is 16.6. The third-order valence-corrected chi connectivity index (χ3v) is 13.8. The van der Waals surface area contributed by atoms with Crippen LogP contribution in [-0.2, 0) is 4.74 Å². The van der Waals surface area contributed by atoms with E-state index >= 15 is 0 Å². The molecule has 8 unspecified atom stereocenters. The van der Waals surface area contributed by atoms with Crippen LogP contribution in [0.5, 0.6) is 0 Å². The fourth-order valence-electron chi connectivity index (χ4n) is 11.9. The van der Waals surface area contributed by atoms with Crippen LogP contribution >= 0.6 is 0 Å². The van der Waals surface area contributed by atoms with Crippen molar-refractivity contribution in [1.82, 2.24) is 0 Å². The quantitative estimate of drug-likeness (QED) is 0.203. The zero-order valence-electron chi connectivity index (χ0n) is 27.2. The Morgan fingerprint density at radius 2 is 1.71 bits per heavy atom. The van der Waals surface area contributed by atoms with Gasteiger partial charge in [0.2, 0.25) is 0 Å². The third kappa shape index (κ3) is 3.75. The average molecular weight is 571 g/mol. The summed E-state index contributed by atoms with van der Waals surface area (Å²) in [6.07, 6.45) is 15.6. The van der Waals surface area contributed by atoms with Gasteiger partial charge >= 0.3 is 5.97 Å². The summed E-state index contributed by atoms with van der Waals surface area (Å²) < 4.78 is 6.24. The molecule has 0 saturated heterocycles. The number of nitrogen functional groups attached to an aromatic ring is 2. The molecule has 0 aromatic heterocycles. The van der Waals surface area contributed by atoms with Crippen LogP contribution < -0.4 is 11.5 Å². The van der Waals surface area contributed by atoms with Crippen LogP contribution in [0.15, 0.2) is 53.6 Å². The molecule has 1 spiro atoms. The third-order valence-electron chi connectivity index (χ3n) is 13.8. The summed E-state index contributed by atoms with van der Waals surface area (Å²) in [6.45, 7) is 21.6. The summed E-state index contributed by atoms with van der Waals surface area (Å²) in [5.41, 5.74) is 18.8. The van der Waals surface area contributed by atoms with Gasteiger partial charge < -0.3 is 16.2 Å². The van der Waals surface area contributed by atoms with Gasteiger partial charge in [0, 0.05) is 27.6 Å². The largest absolute Gasteiger partial charge is 0.458 e. The topological polar surface area (TPSA) is 78.3 Å². The predicted molar refractivity (Wildman–Crippen MR) is 174 cm³/mol. The van der Waals surface area contributed by atoms with E-state index in [1.165, 1.54) is 49.7 Å². The van der Waals surface area contributed by atoms with E-state index in [0.717, 1.165) is 19.3 Å². The number of hydrogen-bond acceptors (Lipinski definition) is 4. The molecule has 4 heteroatoms. The monoisotopic (exact) mass is 570 g/mol. The summed E-state index contributed by atoms with van der Waals surface area (Å²) >= 11 is 0. The molecule has 6 rings (SSSR count). The fraction of sp³-hybridized carbons (Fsp3) is 0.658. The van der Waals surface area contributed by atoms with Crippen molar-refractivity contribution in [2.45, 2.75) is 112 Å². The Balaban J connectivity index is 1.25. The first kappa shape index (κ1) is 29.6. The van der Waals surface area contributed by atoms with Crippen molar-refractivity contribution in [2.75, 3.05) is 11.5 Å². The Bertz CT molecular complexity index is 1360. The minimum absolute atomic E-state index is 0.137.